The average Bonchev–Trinajstić information content (AvgIpc) is 2.79. The van der Waals surface area contributed by atoms with Gasteiger partial charge in [-0.15, -0.1) is 0 Å². The molecule has 1 unspecified atom stereocenters. The summed E-state index contributed by atoms with van der Waals surface area (Å²) in [5.41, 5.74) is 2.00. The number of piperidine rings is 2. The van der Waals surface area contributed by atoms with Crippen molar-refractivity contribution in [2.24, 2.45) is 11.8 Å². The summed E-state index contributed by atoms with van der Waals surface area (Å²) in [6.45, 7) is 5.75. The van der Waals surface area contributed by atoms with Gasteiger partial charge in [0.2, 0.25) is 0 Å². The van der Waals surface area contributed by atoms with E-state index in [0.29, 0.717) is 5.92 Å². The molecule has 1 atom stereocenters. The van der Waals surface area contributed by atoms with E-state index in [9.17, 15) is 9.90 Å². The number of Topliss-reactive ketones (excluding diaryl/α,β-unsaturated/α-hetero) is 1. The van der Waals surface area contributed by atoms with Crippen LogP contribution < -0.4 is 9.80 Å². The molecule has 0 radical (unpaired) electrons. The Morgan fingerprint density at radius 2 is 1.72 bits per heavy atom. The second-order valence-electron chi connectivity index (χ2n) is 8.36. The lowest BCUT2D eigenvalue weighted by Gasteiger charge is -2.34. The van der Waals surface area contributed by atoms with Crippen molar-refractivity contribution < 1.29 is 9.90 Å². The summed E-state index contributed by atoms with van der Waals surface area (Å²) in [7, 11) is 0. The lowest BCUT2D eigenvalue weighted by Crippen LogP contribution is -2.38. The largest absolute Gasteiger partial charge is 0.396 e. The number of hydrogen-bond acceptors (Lipinski definition) is 6. The molecule has 6 heteroatoms. The molecule has 1 aromatic carbocycles. The summed E-state index contributed by atoms with van der Waals surface area (Å²) < 4.78 is 0. The number of hydrogen-bond donors (Lipinski definition) is 1. The van der Waals surface area contributed by atoms with Gasteiger partial charge in [0.05, 0.1) is 0 Å². The molecule has 0 saturated carbocycles. The summed E-state index contributed by atoms with van der Waals surface area (Å²) in [4.78, 5) is 26.3. The minimum Gasteiger partial charge on any atom is -0.396 e. The van der Waals surface area contributed by atoms with Gasteiger partial charge in [-0.05, 0) is 38.5 Å². The van der Waals surface area contributed by atoms with Gasteiger partial charge in [-0.25, -0.2) is 9.97 Å². The molecule has 2 fully saturated rings. The minimum absolute atomic E-state index is 0.0858. The predicted molar refractivity (Wildman–Crippen MR) is 115 cm³/mol. The second-order valence-corrected chi connectivity index (χ2v) is 8.36. The third-order valence-corrected chi connectivity index (χ3v) is 6.27. The molecule has 1 N–H and O–H groups in total. The highest BCUT2D eigenvalue weighted by Crippen LogP contribution is 2.28. The molecule has 6 nitrogen and oxygen atoms in total. The molecule has 3 heterocycles. The SMILES string of the molecule is Cc1ccc(C(=O)C2CCN(c3cc(N4CCCC(CO)C4)ncn3)CC2)cc1. The first-order valence-electron chi connectivity index (χ1n) is 10.7. The molecular formula is C23H30N4O2. The van der Waals surface area contributed by atoms with Crippen LogP contribution in [-0.4, -0.2) is 53.6 Å². The zero-order valence-electron chi connectivity index (χ0n) is 17.1. The van der Waals surface area contributed by atoms with Crippen molar-refractivity contribution in [2.45, 2.75) is 32.6 Å². The summed E-state index contributed by atoms with van der Waals surface area (Å²) in [5, 5.41) is 9.48. The third kappa shape index (κ3) is 4.58. The first-order valence-corrected chi connectivity index (χ1v) is 10.7. The van der Waals surface area contributed by atoms with E-state index in [1.165, 1.54) is 5.56 Å². The van der Waals surface area contributed by atoms with Crippen LogP contribution in [0.25, 0.3) is 0 Å². The Morgan fingerprint density at radius 3 is 2.41 bits per heavy atom. The molecule has 0 spiro atoms. The summed E-state index contributed by atoms with van der Waals surface area (Å²) in [5.74, 6) is 2.54. The summed E-state index contributed by atoms with van der Waals surface area (Å²) >= 11 is 0. The smallest absolute Gasteiger partial charge is 0.166 e. The molecule has 1 aromatic heterocycles. The van der Waals surface area contributed by atoms with E-state index in [2.05, 4.69) is 25.8 Å². The topological polar surface area (TPSA) is 69.6 Å². The Balaban J connectivity index is 1.38. The summed E-state index contributed by atoms with van der Waals surface area (Å²) in [6, 6.07) is 9.96. The van der Waals surface area contributed by atoms with Crippen LogP contribution in [0.15, 0.2) is 36.7 Å². The van der Waals surface area contributed by atoms with Crippen molar-refractivity contribution >= 4 is 17.4 Å². The number of anilines is 2. The van der Waals surface area contributed by atoms with Crippen molar-refractivity contribution in [3.63, 3.8) is 0 Å². The lowest BCUT2D eigenvalue weighted by molar-refractivity contribution is 0.0900. The van der Waals surface area contributed by atoms with E-state index < -0.39 is 0 Å². The van der Waals surface area contributed by atoms with E-state index in [4.69, 9.17) is 0 Å². The first kappa shape index (κ1) is 19.8. The van der Waals surface area contributed by atoms with Crippen molar-refractivity contribution in [1.82, 2.24) is 9.97 Å². The fourth-order valence-corrected chi connectivity index (χ4v) is 4.43. The van der Waals surface area contributed by atoms with Gasteiger partial charge in [-0.3, -0.25) is 4.79 Å². The molecule has 4 rings (SSSR count). The van der Waals surface area contributed by atoms with E-state index in [1.807, 2.05) is 31.2 Å². The highest BCUT2D eigenvalue weighted by Gasteiger charge is 2.27. The highest BCUT2D eigenvalue weighted by molar-refractivity contribution is 5.98. The Morgan fingerprint density at radius 1 is 1.03 bits per heavy atom. The molecule has 2 aliphatic heterocycles. The van der Waals surface area contributed by atoms with Crippen LogP contribution in [0, 0.1) is 18.8 Å². The number of benzene rings is 1. The van der Waals surface area contributed by atoms with E-state index in [0.717, 1.165) is 69.1 Å². The van der Waals surface area contributed by atoms with E-state index >= 15 is 0 Å². The number of nitrogens with zero attached hydrogens (tertiary/aromatic N) is 4. The monoisotopic (exact) mass is 394 g/mol. The second kappa shape index (κ2) is 8.91. The quantitative estimate of drug-likeness (QED) is 0.786. The number of aliphatic hydroxyl groups excluding tert-OH is 1. The van der Waals surface area contributed by atoms with Crippen molar-refractivity contribution in [2.75, 3.05) is 42.6 Å². The minimum atomic E-state index is 0.0858. The van der Waals surface area contributed by atoms with Crippen molar-refractivity contribution in [3.05, 3.63) is 47.8 Å². The molecule has 2 saturated heterocycles. The van der Waals surface area contributed by atoms with E-state index in [-0.39, 0.29) is 18.3 Å². The highest BCUT2D eigenvalue weighted by atomic mass is 16.3. The van der Waals surface area contributed by atoms with Gasteiger partial charge < -0.3 is 14.9 Å². The maximum Gasteiger partial charge on any atom is 0.166 e. The zero-order valence-corrected chi connectivity index (χ0v) is 17.1. The fraction of sp³-hybridized carbons (Fsp3) is 0.522. The van der Waals surface area contributed by atoms with Gasteiger partial charge in [0.1, 0.15) is 18.0 Å². The number of aryl methyl sites for hydroxylation is 1. The fourth-order valence-electron chi connectivity index (χ4n) is 4.43. The number of carbonyl (C=O) groups excluding carboxylic acids is 1. The normalized spacial score (nSPS) is 20.7. The van der Waals surface area contributed by atoms with Crippen LogP contribution in [0.4, 0.5) is 11.6 Å². The summed E-state index contributed by atoms with van der Waals surface area (Å²) in [6.07, 6.45) is 5.49. The Kier molecular flexibility index (Phi) is 6.09. The Hall–Kier alpha value is -2.47. The molecule has 2 aromatic rings. The molecule has 0 bridgehead atoms. The molecule has 0 aliphatic carbocycles. The predicted octanol–water partition coefficient (Wildman–Crippen LogP) is 3.09. The van der Waals surface area contributed by atoms with Crippen LogP contribution >= 0.6 is 0 Å². The number of carbonyl (C=O) groups is 1. The standard InChI is InChI=1S/C23H30N4O2/c1-17-4-6-19(7-5-17)23(29)20-8-11-26(12-9-20)21-13-22(25-16-24-21)27-10-2-3-18(14-27)15-28/h4-7,13,16,18,20,28H,2-3,8-12,14-15H2,1H3. The Bertz CT molecular complexity index is 831. The van der Waals surface area contributed by atoms with Crippen molar-refractivity contribution in [3.8, 4) is 0 Å². The molecule has 0 amide bonds. The van der Waals surface area contributed by atoms with Crippen LogP contribution in [0.2, 0.25) is 0 Å². The van der Waals surface area contributed by atoms with Crippen LogP contribution in [-0.2, 0) is 0 Å². The van der Waals surface area contributed by atoms with Crippen LogP contribution in [0.3, 0.4) is 0 Å². The van der Waals surface area contributed by atoms with E-state index in [1.54, 1.807) is 6.33 Å². The number of ketones is 1. The van der Waals surface area contributed by atoms with Gasteiger partial charge in [0, 0.05) is 50.3 Å². The molecule has 2 aliphatic rings. The average molecular weight is 395 g/mol. The number of aromatic nitrogens is 2. The Labute approximate surface area is 172 Å². The lowest BCUT2D eigenvalue weighted by atomic mass is 9.88. The number of aliphatic hydroxyl groups is 1. The van der Waals surface area contributed by atoms with Crippen molar-refractivity contribution in [1.29, 1.82) is 0 Å². The van der Waals surface area contributed by atoms with Gasteiger partial charge in [-0.1, -0.05) is 29.8 Å². The maximum absolute atomic E-state index is 12.8. The molecular weight excluding hydrogens is 364 g/mol. The number of rotatable bonds is 5. The molecule has 154 valence electrons. The van der Waals surface area contributed by atoms with Gasteiger partial charge in [-0.2, -0.15) is 0 Å². The molecule has 29 heavy (non-hydrogen) atoms. The third-order valence-electron chi connectivity index (χ3n) is 6.27. The first-order chi connectivity index (χ1) is 14.1. The zero-order chi connectivity index (χ0) is 20.2. The van der Waals surface area contributed by atoms with Crippen LogP contribution in [0.1, 0.15) is 41.6 Å². The van der Waals surface area contributed by atoms with Gasteiger partial charge in [0.15, 0.2) is 5.78 Å². The maximum atomic E-state index is 12.8. The van der Waals surface area contributed by atoms with Crippen LogP contribution in [0.5, 0.6) is 0 Å². The van der Waals surface area contributed by atoms with Gasteiger partial charge in [0.25, 0.3) is 0 Å². The van der Waals surface area contributed by atoms with Gasteiger partial charge >= 0.3 is 0 Å².